The molecule has 3 aromatic rings. The smallest absolute Gasteiger partial charge is 0.266 e. The zero-order valence-corrected chi connectivity index (χ0v) is 19.6. The first-order valence-electron chi connectivity index (χ1n) is 9.65. The van der Waals surface area contributed by atoms with Gasteiger partial charge in [-0.3, -0.25) is 9.69 Å². The molecule has 0 unspecified atom stereocenters. The lowest BCUT2D eigenvalue weighted by atomic mass is 10.1. The number of benzene rings is 2. The normalized spacial score (nSPS) is 15.4. The predicted octanol–water partition coefficient (Wildman–Crippen LogP) is 5.81. The number of thiocarbonyl (C=S) groups is 1. The van der Waals surface area contributed by atoms with Crippen LogP contribution in [0.25, 0.3) is 23.0 Å². The summed E-state index contributed by atoms with van der Waals surface area (Å²) in [6.07, 6.45) is 3.76. The fraction of sp³-hybridized carbons (Fsp3) is 0.174. The third-order valence-electron chi connectivity index (χ3n) is 4.82. The Kier molecular flexibility index (Phi) is 6.18. The second-order valence-corrected chi connectivity index (χ2v) is 9.29. The maximum Gasteiger partial charge on any atom is 0.266 e. The van der Waals surface area contributed by atoms with E-state index in [0.717, 1.165) is 16.8 Å². The number of hydrogen-bond acceptors (Lipinski definition) is 5. The number of hydrogen-bond donors (Lipinski definition) is 0. The largest absolute Gasteiger partial charge is 0.495 e. The summed E-state index contributed by atoms with van der Waals surface area (Å²) in [7, 11) is 1.58. The van der Waals surface area contributed by atoms with Crippen molar-refractivity contribution >= 4 is 51.9 Å². The molecule has 8 heteroatoms. The molecule has 0 atom stereocenters. The van der Waals surface area contributed by atoms with E-state index in [1.54, 1.807) is 22.8 Å². The van der Waals surface area contributed by atoms with Gasteiger partial charge in [-0.05, 0) is 50.3 Å². The Hall–Kier alpha value is -2.61. The van der Waals surface area contributed by atoms with Crippen LogP contribution < -0.4 is 4.74 Å². The van der Waals surface area contributed by atoms with E-state index in [9.17, 15) is 4.79 Å². The number of nitrogens with zero attached hydrogens (tertiary/aromatic N) is 3. The predicted molar refractivity (Wildman–Crippen MR) is 131 cm³/mol. The highest BCUT2D eigenvalue weighted by Gasteiger charge is 2.34. The van der Waals surface area contributed by atoms with E-state index >= 15 is 0 Å². The Labute approximate surface area is 195 Å². The molecule has 0 aliphatic carbocycles. The fourth-order valence-corrected chi connectivity index (χ4v) is 5.08. The van der Waals surface area contributed by atoms with Crippen molar-refractivity contribution < 1.29 is 9.53 Å². The minimum absolute atomic E-state index is 0.00491. The Morgan fingerprint density at radius 1 is 1.19 bits per heavy atom. The molecule has 2 heterocycles. The number of carbonyl (C=O) groups excluding carboxylic acids is 1. The summed E-state index contributed by atoms with van der Waals surface area (Å²) in [5, 5.41) is 5.29. The first kappa shape index (κ1) is 21.6. The van der Waals surface area contributed by atoms with Crippen LogP contribution in [-0.2, 0) is 4.79 Å². The number of ether oxygens (including phenoxy) is 1. The van der Waals surface area contributed by atoms with Gasteiger partial charge in [-0.2, -0.15) is 5.10 Å². The maximum absolute atomic E-state index is 12.9. The molecule has 0 saturated carbocycles. The quantitative estimate of drug-likeness (QED) is 0.348. The lowest BCUT2D eigenvalue weighted by Gasteiger charge is -2.18. The number of aromatic nitrogens is 2. The van der Waals surface area contributed by atoms with Crippen molar-refractivity contribution in [1.82, 2.24) is 14.7 Å². The minimum atomic E-state index is -0.0869. The lowest BCUT2D eigenvalue weighted by molar-refractivity contribution is -0.123. The molecule has 0 N–H and O–H groups in total. The SMILES string of the molecule is COc1ccc(-c2nn(-c3ccccc3)cc2/C=C2/SC(=S)N(C(C)C)C2=O)cc1Cl. The average Bonchev–Trinajstić information content (AvgIpc) is 3.29. The number of thioether (sulfide) groups is 1. The molecule has 0 radical (unpaired) electrons. The molecule has 158 valence electrons. The Balaban J connectivity index is 1.83. The summed E-state index contributed by atoms with van der Waals surface area (Å²) in [6.45, 7) is 3.90. The standard InChI is InChI=1S/C23H20ClN3O2S2/c1-14(2)27-22(28)20(31-23(27)30)12-16-13-26(17-7-5-4-6-8-17)25-21(16)15-9-10-19(29-3)18(24)11-15/h4-14H,1-3H3/b20-12+. The molecule has 2 aromatic carbocycles. The highest BCUT2D eigenvalue weighted by atomic mass is 35.5. The highest BCUT2D eigenvalue weighted by molar-refractivity contribution is 8.26. The third-order valence-corrected chi connectivity index (χ3v) is 6.44. The van der Waals surface area contributed by atoms with Gasteiger partial charge < -0.3 is 4.74 Å². The molecule has 1 aromatic heterocycles. The monoisotopic (exact) mass is 469 g/mol. The molecule has 0 bridgehead atoms. The van der Waals surface area contributed by atoms with Gasteiger partial charge in [0.05, 0.1) is 22.7 Å². The molecule has 1 aliphatic heterocycles. The van der Waals surface area contributed by atoms with Crippen molar-refractivity contribution in [1.29, 1.82) is 0 Å². The van der Waals surface area contributed by atoms with Crippen LogP contribution in [0.15, 0.2) is 59.6 Å². The molecule has 5 nitrogen and oxygen atoms in total. The van der Waals surface area contributed by atoms with Gasteiger partial charge in [-0.15, -0.1) is 0 Å². The van der Waals surface area contributed by atoms with Crippen molar-refractivity contribution in [3.63, 3.8) is 0 Å². The summed E-state index contributed by atoms with van der Waals surface area (Å²) < 4.78 is 7.63. The summed E-state index contributed by atoms with van der Waals surface area (Å²) in [4.78, 5) is 15.1. The minimum Gasteiger partial charge on any atom is -0.495 e. The fourth-order valence-electron chi connectivity index (χ4n) is 3.31. The van der Waals surface area contributed by atoms with Crippen LogP contribution in [0.5, 0.6) is 5.75 Å². The van der Waals surface area contributed by atoms with E-state index in [1.165, 1.54) is 11.8 Å². The number of halogens is 1. The summed E-state index contributed by atoms with van der Waals surface area (Å²) >= 11 is 13.1. The van der Waals surface area contributed by atoms with Crippen molar-refractivity contribution in [2.24, 2.45) is 0 Å². The van der Waals surface area contributed by atoms with Gasteiger partial charge in [0.1, 0.15) is 15.8 Å². The summed E-state index contributed by atoms with van der Waals surface area (Å²) in [5.41, 5.74) is 3.25. The van der Waals surface area contributed by atoms with Crippen molar-refractivity contribution in [3.8, 4) is 22.7 Å². The van der Waals surface area contributed by atoms with E-state index in [-0.39, 0.29) is 11.9 Å². The van der Waals surface area contributed by atoms with Crippen molar-refractivity contribution in [3.05, 3.63) is 70.2 Å². The lowest BCUT2D eigenvalue weighted by Crippen LogP contribution is -2.34. The summed E-state index contributed by atoms with van der Waals surface area (Å²) in [5.74, 6) is 0.503. The highest BCUT2D eigenvalue weighted by Crippen LogP contribution is 2.37. The van der Waals surface area contributed by atoms with Crippen LogP contribution >= 0.6 is 35.6 Å². The molecule has 0 spiro atoms. The molecular weight excluding hydrogens is 450 g/mol. The molecule has 31 heavy (non-hydrogen) atoms. The van der Waals surface area contributed by atoms with E-state index in [2.05, 4.69) is 0 Å². The number of carbonyl (C=O) groups is 1. The van der Waals surface area contributed by atoms with E-state index in [0.29, 0.717) is 25.7 Å². The van der Waals surface area contributed by atoms with E-state index in [4.69, 9.17) is 33.7 Å². The Morgan fingerprint density at radius 3 is 2.55 bits per heavy atom. The van der Waals surface area contributed by atoms with E-state index < -0.39 is 0 Å². The van der Waals surface area contributed by atoms with Gasteiger partial charge in [0, 0.05) is 23.4 Å². The van der Waals surface area contributed by atoms with Gasteiger partial charge in [-0.25, -0.2) is 4.68 Å². The van der Waals surface area contributed by atoms with Crippen molar-refractivity contribution in [2.75, 3.05) is 7.11 Å². The zero-order chi connectivity index (χ0) is 22.1. The molecule has 4 rings (SSSR count). The first-order valence-corrected chi connectivity index (χ1v) is 11.3. The van der Waals surface area contributed by atoms with Gasteiger partial charge in [0.2, 0.25) is 0 Å². The number of amides is 1. The summed E-state index contributed by atoms with van der Waals surface area (Å²) in [6, 6.07) is 15.3. The van der Waals surface area contributed by atoms with Gasteiger partial charge in [-0.1, -0.05) is 53.8 Å². The van der Waals surface area contributed by atoms with Crippen LogP contribution in [0.3, 0.4) is 0 Å². The molecular formula is C23H20ClN3O2S2. The second-order valence-electron chi connectivity index (χ2n) is 7.21. The Bertz CT molecular complexity index is 1190. The van der Waals surface area contributed by atoms with Crippen LogP contribution in [0, 0.1) is 0 Å². The van der Waals surface area contributed by atoms with Crippen molar-refractivity contribution in [2.45, 2.75) is 19.9 Å². The van der Waals surface area contributed by atoms with Gasteiger partial charge in [0.25, 0.3) is 5.91 Å². The van der Waals surface area contributed by atoms with Crippen LogP contribution in [0.2, 0.25) is 5.02 Å². The Morgan fingerprint density at radius 2 is 1.94 bits per heavy atom. The van der Waals surface area contributed by atoms with Gasteiger partial charge >= 0.3 is 0 Å². The second kappa shape index (κ2) is 8.86. The number of methoxy groups -OCH3 is 1. The molecule has 1 amide bonds. The van der Waals surface area contributed by atoms with Crippen LogP contribution in [0.1, 0.15) is 19.4 Å². The van der Waals surface area contributed by atoms with Crippen LogP contribution in [0.4, 0.5) is 0 Å². The number of rotatable bonds is 5. The van der Waals surface area contributed by atoms with E-state index in [1.807, 2.05) is 68.6 Å². The first-order chi connectivity index (χ1) is 14.9. The maximum atomic E-state index is 12.9. The molecule has 1 saturated heterocycles. The number of para-hydroxylation sites is 1. The van der Waals surface area contributed by atoms with Crippen LogP contribution in [-0.4, -0.2) is 38.1 Å². The zero-order valence-electron chi connectivity index (χ0n) is 17.2. The average molecular weight is 470 g/mol. The third kappa shape index (κ3) is 4.26. The molecule has 1 fully saturated rings. The topological polar surface area (TPSA) is 47.4 Å². The molecule has 1 aliphatic rings. The van der Waals surface area contributed by atoms with Gasteiger partial charge in [0.15, 0.2) is 0 Å².